The van der Waals surface area contributed by atoms with Gasteiger partial charge in [0.2, 0.25) is 0 Å². The molecule has 21 heavy (non-hydrogen) atoms. The number of nitro benzene ring substituents is 1. The van der Waals surface area contributed by atoms with Gasteiger partial charge in [0.25, 0.3) is 5.69 Å². The molecule has 1 N–H and O–H groups in total. The van der Waals surface area contributed by atoms with Crippen molar-refractivity contribution in [1.29, 1.82) is 0 Å². The first kappa shape index (κ1) is 15.9. The van der Waals surface area contributed by atoms with E-state index in [0.29, 0.717) is 20.8 Å². The van der Waals surface area contributed by atoms with E-state index in [1.807, 2.05) is 6.92 Å². The summed E-state index contributed by atoms with van der Waals surface area (Å²) in [6.07, 6.45) is 0. The molecular formula is C14H11Cl3N2O2. The summed E-state index contributed by atoms with van der Waals surface area (Å²) in [6.45, 7) is 1.88. The van der Waals surface area contributed by atoms with E-state index in [9.17, 15) is 10.1 Å². The molecule has 0 aliphatic heterocycles. The molecule has 0 aliphatic rings. The van der Waals surface area contributed by atoms with Crippen LogP contribution in [0.5, 0.6) is 0 Å². The molecule has 2 aromatic rings. The lowest BCUT2D eigenvalue weighted by Gasteiger charge is -2.18. The number of non-ortho nitro benzene ring substituents is 1. The minimum absolute atomic E-state index is 0.0208. The van der Waals surface area contributed by atoms with Crippen molar-refractivity contribution in [3.8, 4) is 0 Å². The van der Waals surface area contributed by atoms with Crippen LogP contribution in [-0.2, 0) is 0 Å². The molecule has 2 aromatic carbocycles. The van der Waals surface area contributed by atoms with Crippen LogP contribution in [0.1, 0.15) is 18.5 Å². The molecule has 4 nitrogen and oxygen atoms in total. The molecular weight excluding hydrogens is 335 g/mol. The molecule has 1 atom stereocenters. The summed E-state index contributed by atoms with van der Waals surface area (Å²) < 4.78 is 0. The van der Waals surface area contributed by atoms with Crippen LogP contribution >= 0.6 is 34.8 Å². The van der Waals surface area contributed by atoms with Crippen LogP contribution in [0.2, 0.25) is 15.1 Å². The van der Waals surface area contributed by atoms with Crippen LogP contribution in [0, 0.1) is 10.1 Å². The van der Waals surface area contributed by atoms with E-state index in [-0.39, 0.29) is 11.7 Å². The van der Waals surface area contributed by atoms with Gasteiger partial charge in [-0.2, -0.15) is 0 Å². The molecule has 0 aromatic heterocycles. The van der Waals surface area contributed by atoms with Crippen LogP contribution < -0.4 is 5.32 Å². The SMILES string of the molecule is CC(Nc1cccc([N+](=O)[O-])c1)c1ccc(Cl)c(Cl)c1Cl. The molecule has 7 heteroatoms. The number of benzene rings is 2. The van der Waals surface area contributed by atoms with Crippen LogP contribution in [-0.4, -0.2) is 4.92 Å². The normalized spacial score (nSPS) is 12.0. The third-order valence-corrected chi connectivity index (χ3v) is 4.28. The summed E-state index contributed by atoms with van der Waals surface area (Å²) >= 11 is 18.1. The number of anilines is 1. The third kappa shape index (κ3) is 3.59. The number of hydrogen-bond donors (Lipinski definition) is 1. The van der Waals surface area contributed by atoms with Gasteiger partial charge in [-0.1, -0.05) is 46.9 Å². The Labute approximate surface area is 136 Å². The van der Waals surface area contributed by atoms with Crippen LogP contribution in [0.25, 0.3) is 0 Å². The lowest BCUT2D eigenvalue weighted by atomic mass is 10.1. The third-order valence-electron chi connectivity index (χ3n) is 2.97. The predicted octanol–water partition coefficient (Wildman–Crippen LogP) is 5.73. The average Bonchev–Trinajstić information content (AvgIpc) is 2.45. The molecule has 0 radical (unpaired) electrons. The summed E-state index contributed by atoms with van der Waals surface area (Å²) in [4.78, 5) is 10.3. The van der Waals surface area contributed by atoms with Crippen molar-refractivity contribution in [1.82, 2.24) is 0 Å². The van der Waals surface area contributed by atoms with Crippen molar-refractivity contribution >= 4 is 46.2 Å². The minimum Gasteiger partial charge on any atom is -0.378 e. The molecule has 0 bridgehead atoms. The van der Waals surface area contributed by atoms with Gasteiger partial charge in [0.05, 0.1) is 26.0 Å². The topological polar surface area (TPSA) is 55.2 Å². The fraction of sp³-hybridized carbons (Fsp3) is 0.143. The maximum atomic E-state index is 10.8. The summed E-state index contributed by atoms with van der Waals surface area (Å²) in [6, 6.07) is 9.50. The molecule has 0 spiro atoms. The van der Waals surface area contributed by atoms with Crippen molar-refractivity contribution in [2.75, 3.05) is 5.32 Å². The van der Waals surface area contributed by atoms with Gasteiger partial charge in [-0.15, -0.1) is 0 Å². The molecule has 2 rings (SSSR count). The molecule has 0 heterocycles. The van der Waals surface area contributed by atoms with E-state index in [0.717, 1.165) is 5.56 Å². The summed E-state index contributed by atoms with van der Waals surface area (Å²) in [5.74, 6) is 0. The summed E-state index contributed by atoms with van der Waals surface area (Å²) in [5, 5.41) is 15.0. The summed E-state index contributed by atoms with van der Waals surface area (Å²) in [5.41, 5.74) is 1.41. The Kier molecular flexibility index (Phi) is 4.93. The van der Waals surface area contributed by atoms with Crippen LogP contribution in [0.3, 0.4) is 0 Å². The fourth-order valence-electron chi connectivity index (χ4n) is 1.91. The van der Waals surface area contributed by atoms with Gasteiger partial charge in [-0.25, -0.2) is 0 Å². The van der Waals surface area contributed by atoms with Gasteiger partial charge >= 0.3 is 0 Å². The fourth-order valence-corrected chi connectivity index (χ4v) is 2.62. The maximum Gasteiger partial charge on any atom is 0.271 e. The Morgan fingerprint density at radius 2 is 1.86 bits per heavy atom. The van der Waals surface area contributed by atoms with E-state index in [1.165, 1.54) is 12.1 Å². The molecule has 1 unspecified atom stereocenters. The second-order valence-electron chi connectivity index (χ2n) is 4.44. The van der Waals surface area contributed by atoms with E-state index in [1.54, 1.807) is 24.3 Å². The largest absolute Gasteiger partial charge is 0.378 e. The van der Waals surface area contributed by atoms with Crippen LogP contribution in [0.4, 0.5) is 11.4 Å². The second kappa shape index (κ2) is 6.52. The maximum absolute atomic E-state index is 10.8. The Hall–Kier alpha value is -1.49. The van der Waals surface area contributed by atoms with E-state index < -0.39 is 4.92 Å². The Morgan fingerprint density at radius 1 is 1.14 bits per heavy atom. The quantitative estimate of drug-likeness (QED) is 0.437. The smallest absolute Gasteiger partial charge is 0.271 e. The minimum atomic E-state index is -0.442. The average molecular weight is 346 g/mol. The molecule has 0 saturated heterocycles. The lowest BCUT2D eigenvalue weighted by molar-refractivity contribution is -0.384. The zero-order valence-corrected chi connectivity index (χ0v) is 13.2. The number of nitrogens with one attached hydrogen (secondary N) is 1. The van der Waals surface area contributed by atoms with Gasteiger partial charge in [-0.3, -0.25) is 10.1 Å². The van der Waals surface area contributed by atoms with Crippen LogP contribution in [0.15, 0.2) is 36.4 Å². The molecule has 0 fully saturated rings. The van der Waals surface area contributed by atoms with Gasteiger partial charge in [0.1, 0.15) is 0 Å². The highest BCUT2D eigenvalue weighted by atomic mass is 35.5. The Balaban J connectivity index is 2.26. The van der Waals surface area contributed by atoms with Gasteiger partial charge in [0.15, 0.2) is 0 Å². The standard InChI is InChI=1S/C14H11Cl3N2O2/c1-8(11-5-6-12(15)14(17)13(11)16)18-9-3-2-4-10(7-9)19(20)21/h2-8,18H,1H3. The van der Waals surface area contributed by atoms with Gasteiger partial charge in [-0.05, 0) is 24.6 Å². The van der Waals surface area contributed by atoms with E-state index >= 15 is 0 Å². The highest BCUT2D eigenvalue weighted by Gasteiger charge is 2.15. The predicted molar refractivity (Wildman–Crippen MR) is 86.6 cm³/mol. The zero-order valence-electron chi connectivity index (χ0n) is 10.9. The molecule has 0 saturated carbocycles. The van der Waals surface area contributed by atoms with Crippen molar-refractivity contribution in [3.63, 3.8) is 0 Å². The number of rotatable bonds is 4. The zero-order chi connectivity index (χ0) is 15.6. The van der Waals surface area contributed by atoms with Crippen molar-refractivity contribution in [2.24, 2.45) is 0 Å². The van der Waals surface area contributed by atoms with Crippen molar-refractivity contribution in [2.45, 2.75) is 13.0 Å². The monoisotopic (exact) mass is 344 g/mol. The number of halogens is 3. The van der Waals surface area contributed by atoms with Gasteiger partial charge < -0.3 is 5.32 Å². The Morgan fingerprint density at radius 3 is 2.52 bits per heavy atom. The van der Waals surface area contributed by atoms with E-state index in [4.69, 9.17) is 34.8 Å². The summed E-state index contributed by atoms with van der Waals surface area (Å²) in [7, 11) is 0. The number of nitrogens with zero attached hydrogens (tertiary/aromatic N) is 1. The number of nitro groups is 1. The molecule has 0 amide bonds. The van der Waals surface area contributed by atoms with Crippen molar-refractivity contribution < 1.29 is 4.92 Å². The highest BCUT2D eigenvalue weighted by Crippen LogP contribution is 2.36. The van der Waals surface area contributed by atoms with Crippen molar-refractivity contribution in [3.05, 3.63) is 67.1 Å². The molecule has 0 aliphatic carbocycles. The van der Waals surface area contributed by atoms with E-state index in [2.05, 4.69) is 5.32 Å². The van der Waals surface area contributed by atoms with Gasteiger partial charge in [0, 0.05) is 17.8 Å². The first-order valence-corrected chi connectivity index (χ1v) is 7.18. The Bertz CT molecular complexity index is 692. The highest BCUT2D eigenvalue weighted by molar-refractivity contribution is 6.48. The second-order valence-corrected chi connectivity index (χ2v) is 5.60. The first-order valence-electron chi connectivity index (χ1n) is 6.04. The number of hydrogen-bond acceptors (Lipinski definition) is 3. The molecule has 110 valence electrons. The first-order chi connectivity index (χ1) is 9.90. The lowest BCUT2D eigenvalue weighted by Crippen LogP contribution is -2.07.